The minimum atomic E-state index is -0.181. The number of amides is 1. The van der Waals surface area contributed by atoms with Crippen molar-refractivity contribution in [1.82, 2.24) is 15.3 Å². The van der Waals surface area contributed by atoms with E-state index in [1.54, 1.807) is 11.3 Å². The molecule has 5 nitrogen and oxygen atoms in total. The van der Waals surface area contributed by atoms with Crippen molar-refractivity contribution in [3.8, 4) is 0 Å². The summed E-state index contributed by atoms with van der Waals surface area (Å²) < 4.78 is 0. The van der Waals surface area contributed by atoms with E-state index < -0.39 is 0 Å². The van der Waals surface area contributed by atoms with Gasteiger partial charge in [-0.1, -0.05) is 29.8 Å². The van der Waals surface area contributed by atoms with Gasteiger partial charge in [-0.25, -0.2) is 4.98 Å². The van der Waals surface area contributed by atoms with Gasteiger partial charge in [0.15, 0.2) is 0 Å². The fourth-order valence-corrected chi connectivity index (χ4v) is 5.36. The van der Waals surface area contributed by atoms with Crippen molar-refractivity contribution in [2.24, 2.45) is 0 Å². The van der Waals surface area contributed by atoms with Gasteiger partial charge in [0.1, 0.15) is 10.7 Å². The minimum absolute atomic E-state index is 0.0794. The van der Waals surface area contributed by atoms with Crippen LogP contribution in [0, 0.1) is 0 Å². The summed E-state index contributed by atoms with van der Waals surface area (Å²) in [6.45, 7) is 1.90. The van der Waals surface area contributed by atoms with Gasteiger partial charge in [-0.2, -0.15) is 0 Å². The van der Waals surface area contributed by atoms with E-state index in [9.17, 15) is 9.59 Å². The second-order valence-corrected chi connectivity index (χ2v) is 8.71. The van der Waals surface area contributed by atoms with E-state index in [1.165, 1.54) is 16.9 Å². The number of carbonyl (C=O) groups excluding carboxylic acids is 1. The van der Waals surface area contributed by atoms with Gasteiger partial charge in [-0.05, 0) is 49.8 Å². The average Bonchev–Trinajstić information content (AvgIpc) is 3.05. The molecule has 3 aromatic rings. The van der Waals surface area contributed by atoms with E-state index in [1.807, 2.05) is 31.2 Å². The fourth-order valence-electron chi connectivity index (χ4n) is 3.78. The molecule has 0 aliphatic heterocycles. The van der Waals surface area contributed by atoms with Crippen LogP contribution in [0.4, 0.5) is 0 Å². The molecule has 0 bridgehead atoms. The molecule has 1 aliphatic rings. The number of H-pyrrole nitrogens is 1. The third kappa shape index (κ3) is 3.84. The van der Waals surface area contributed by atoms with Crippen molar-refractivity contribution in [2.45, 2.75) is 51.5 Å². The quantitative estimate of drug-likeness (QED) is 0.651. The van der Waals surface area contributed by atoms with E-state index in [4.69, 9.17) is 11.6 Å². The highest BCUT2D eigenvalue weighted by molar-refractivity contribution is 7.18. The van der Waals surface area contributed by atoms with Crippen molar-refractivity contribution >= 4 is 39.1 Å². The van der Waals surface area contributed by atoms with E-state index in [-0.39, 0.29) is 23.9 Å². The highest BCUT2D eigenvalue weighted by atomic mass is 35.5. The van der Waals surface area contributed by atoms with Crippen molar-refractivity contribution in [2.75, 3.05) is 0 Å². The van der Waals surface area contributed by atoms with Gasteiger partial charge in [0, 0.05) is 22.7 Å². The number of benzene rings is 1. The van der Waals surface area contributed by atoms with Crippen molar-refractivity contribution < 1.29 is 4.79 Å². The minimum Gasteiger partial charge on any atom is -0.350 e. The lowest BCUT2D eigenvalue weighted by atomic mass is 9.97. The Morgan fingerprint density at radius 1 is 1.32 bits per heavy atom. The Morgan fingerprint density at radius 2 is 2.11 bits per heavy atom. The van der Waals surface area contributed by atoms with Crippen molar-refractivity contribution in [1.29, 1.82) is 0 Å². The fraction of sp³-hybridized carbons (Fsp3) is 0.381. The average molecular weight is 416 g/mol. The Balaban J connectivity index is 1.44. The molecule has 1 aromatic carbocycles. The van der Waals surface area contributed by atoms with Crippen LogP contribution in [0.25, 0.3) is 10.2 Å². The summed E-state index contributed by atoms with van der Waals surface area (Å²) in [5.41, 5.74) is 1.98. The number of hydrogen-bond acceptors (Lipinski definition) is 4. The highest BCUT2D eigenvalue weighted by Gasteiger charge is 2.20. The van der Waals surface area contributed by atoms with Gasteiger partial charge in [0.05, 0.1) is 11.4 Å². The summed E-state index contributed by atoms with van der Waals surface area (Å²) in [7, 11) is 0. The Hall–Kier alpha value is -2.18. The molecule has 0 radical (unpaired) electrons. The summed E-state index contributed by atoms with van der Waals surface area (Å²) in [6, 6.07) is 7.29. The standard InChI is InChI=1S/C21H22ClN3O2S/c1-12(13-6-2-4-8-15(13)22)23-18(26)11-10-17-24-20(27)19-14-7-3-5-9-16(14)28-21(19)25-17/h2,4,6,8,12H,3,5,7,9-11H2,1H3,(H,23,26)(H,24,25,27)/t12-/m0/s1. The molecule has 0 unspecified atom stereocenters. The van der Waals surface area contributed by atoms with E-state index in [2.05, 4.69) is 15.3 Å². The smallest absolute Gasteiger partial charge is 0.259 e. The van der Waals surface area contributed by atoms with Crippen molar-refractivity contribution in [3.05, 3.63) is 61.5 Å². The number of rotatable bonds is 5. The molecule has 2 aromatic heterocycles. The SMILES string of the molecule is C[C@H](NC(=O)CCc1nc2sc3c(c2c(=O)[nH]1)CCCC3)c1ccccc1Cl. The lowest BCUT2D eigenvalue weighted by Gasteiger charge is -2.15. The van der Waals surface area contributed by atoms with Crippen LogP contribution >= 0.6 is 22.9 Å². The molecule has 1 aliphatic carbocycles. The molecule has 0 saturated carbocycles. The molecule has 146 valence electrons. The number of fused-ring (bicyclic) bond motifs is 3. The molecule has 0 spiro atoms. The summed E-state index contributed by atoms with van der Waals surface area (Å²) >= 11 is 7.82. The van der Waals surface area contributed by atoms with Crippen LogP contribution in [0.5, 0.6) is 0 Å². The number of hydrogen-bond donors (Lipinski definition) is 2. The molecule has 7 heteroatoms. The molecule has 0 saturated heterocycles. The number of halogens is 1. The van der Waals surface area contributed by atoms with Crippen LogP contribution < -0.4 is 10.9 Å². The normalized spacial score (nSPS) is 14.6. The van der Waals surface area contributed by atoms with Gasteiger partial charge >= 0.3 is 0 Å². The number of aryl methyl sites for hydroxylation is 3. The maximum atomic E-state index is 12.6. The monoisotopic (exact) mass is 415 g/mol. The van der Waals surface area contributed by atoms with Crippen LogP contribution in [0.15, 0.2) is 29.1 Å². The Kier molecular flexibility index (Phi) is 5.51. The first-order valence-corrected chi connectivity index (χ1v) is 10.8. The lowest BCUT2D eigenvalue weighted by molar-refractivity contribution is -0.121. The number of aromatic amines is 1. The van der Waals surface area contributed by atoms with Crippen LogP contribution in [0.3, 0.4) is 0 Å². The predicted molar refractivity (Wildman–Crippen MR) is 113 cm³/mol. The van der Waals surface area contributed by atoms with E-state index in [0.717, 1.165) is 35.0 Å². The van der Waals surface area contributed by atoms with E-state index in [0.29, 0.717) is 17.3 Å². The molecule has 1 amide bonds. The third-order valence-corrected chi connectivity index (χ3v) is 6.74. The van der Waals surface area contributed by atoms with Crippen LogP contribution in [0.2, 0.25) is 5.02 Å². The first-order valence-electron chi connectivity index (χ1n) is 9.60. The number of aromatic nitrogens is 2. The summed E-state index contributed by atoms with van der Waals surface area (Å²) in [6.07, 6.45) is 4.95. The third-order valence-electron chi connectivity index (χ3n) is 5.21. The molecular weight excluding hydrogens is 394 g/mol. The molecule has 1 atom stereocenters. The zero-order valence-electron chi connectivity index (χ0n) is 15.7. The number of thiophene rings is 1. The van der Waals surface area contributed by atoms with Crippen LogP contribution in [0.1, 0.15) is 54.1 Å². The Morgan fingerprint density at radius 3 is 2.93 bits per heavy atom. The number of nitrogens with zero attached hydrogens (tertiary/aromatic N) is 1. The molecule has 2 heterocycles. The molecule has 2 N–H and O–H groups in total. The summed E-state index contributed by atoms with van der Waals surface area (Å²) in [5.74, 6) is 0.470. The maximum Gasteiger partial charge on any atom is 0.259 e. The van der Waals surface area contributed by atoms with Gasteiger partial charge in [-0.15, -0.1) is 11.3 Å². The molecule has 28 heavy (non-hydrogen) atoms. The molecule has 0 fully saturated rings. The summed E-state index contributed by atoms with van der Waals surface area (Å²) in [5, 5.41) is 4.34. The largest absolute Gasteiger partial charge is 0.350 e. The Labute approximate surface area is 172 Å². The van der Waals surface area contributed by atoms with Crippen LogP contribution in [-0.2, 0) is 24.1 Å². The highest BCUT2D eigenvalue weighted by Crippen LogP contribution is 2.33. The molecule has 4 rings (SSSR count). The maximum absolute atomic E-state index is 12.6. The van der Waals surface area contributed by atoms with E-state index >= 15 is 0 Å². The Bertz CT molecular complexity index is 1090. The van der Waals surface area contributed by atoms with Crippen molar-refractivity contribution in [3.63, 3.8) is 0 Å². The predicted octanol–water partition coefficient (Wildman–Crippen LogP) is 4.33. The number of nitrogens with one attached hydrogen (secondary N) is 2. The molecular formula is C21H22ClN3O2S. The lowest BCUT2D eigenvalue weighted by Crippen LogP contribution is -2.27. The van der Waals surface area contributed by atoms with Crippen LogP contribution in [-0.4, -0.2) is 15.9 Å². The number of carbonyl (C=O) groups is 1. The van der Waals surface area contributed by atoms with Gasteiger partial charge in [0.25, 0.3) is 5.56 Å². The second kappa shape index (κ2) is 8.05. The zero-order chi connectivity index (χ0) is 19.7. The second-order valence-electron chi connectivity index (χ2n) is 7.21. The zero-order valence-corrected chi connectivity index (χ0v) is 17.3. The van der Waals surface area contributed by atoms with Gasteiger partial charge < -0.3 is 10.3 Å². The first-order chi connectivity index (χ1) is 13.5. The summed E-state index contributed by atoms with van der Waals surface area (Å²) in [4.78, 5) is 34.5. The first kappa shape index (κ1) is 19.2. The van der Waals surface area contributed by atoms with Gasteiger partial charge in [0.2, 0.25) is 5.91 Å². The van der Waals surface area contributed by atoms with Gasteiger partial charge in [-0.3, -0.25) is 9.59 Å². The topological polar surface area (TPSA) is 74.8 Å².